The number of hydrogen-bond acceptors (Lipinski definition) is 3. The van der Waals surface area contributed by atoms with E-state index in [1.54, 1.807) is 6.08 Å². The summed E-state index contributed by atoms with van der Waals surface area (Å²) in [4.78, 5) is 26.1. The molecule has 0 spiro atoms. The lowest BCUT2D eigenvalue weighted by atomic mass is 10.1. The Kier molecular flexibility index (Phi) is 5.68. The van der Waals surface area contributed by atoms with Crippen molar-refractivity contribution in [3.8, 4) is 12.3 Å². The second-order valence-corrected chi connectivity index (χ2v) is 9.30. The van der Waals surface area contributed by atoms with E-state index in [4.69, 9.17) is 6.42 Å². The SMILES string of the molecule is C#CCN1C(=O)S/C(=C\c2cn(Cc3ccc(Br)cc3)c3ccc(Br)cc23)C1=O. The fraction of sp³-hybridized carbons (Fsp3) is 0.0909. The van der Waals surface area contributed by atoms with Crippen molar-refractivity contribution >= 4 is 71.7 Å². The Labute approximate surface area is 189 Å². The maximum atomic E-state index is 12.5. The third-order valence-corrected chi connectivity index (χ3v) is 6.48. The number of carbonyl (C=O) groups is 2. The molecule has 1 aliphatic rings. The normalized spacial score (nSPS) is 15.5. The highest BCUT2D eigenvalue weighted by atomic mass is 79.9. The number of halogens is 2. The van der Waals surface area contributed by atoms with E-state index in [1.807, 2.05) is 36.5 Å². The number of hydrogen-bond donors (Lipinski definition) is 0. The predicted octanol–water partition coefficient (Wildman–Crippen LogP) is 5.88. The van der Waals surface area contributed by atoms with Crippen molar-refractivity contribution in [3.05, 3.63) is 73.6 Å². The number of imide groups is 1. The van der Waals surface area contributed by atoms with Gasteiger partial charge in [0.1, 0.15) is 0 Å². The molecule has 3 aromatic rings. The Balaban J connectivity index is 1.76. The van der Waals surface area contributed by atoms with Crippen molar-refractivity contribution < 1.29 is 9.59 Å². The van der Waals surface area contributed by atoms with E-state index < -0.39 is 0 Å². The van der Waals surface area contributed by atoms with E-state index in [9.17, 15) is 9.59 Å². The summed E-state index contributed by atoms with van der Waals surface area (Å²) in [5.41, 5.74) is 3.09. The third kappa shape index (κ3) is 4.06. The molecule has 1 saturated heterocycles. The van der Waals surface area contributed by atoms with Crippen LogP contribution in [0.25, 0.3) is 17.0 Å². The van der Waals surface area contributed by atoms with E-state index >= 15 is 0 Å². The summed E-state index contributed by atoms with van der Waals surface area (Å²) < 4.78 is 4.12. The zero-order valence-electron chi connectivity index (χ0n) is 15.1. The zero-order valence-corrected chi connectivity index (χ0v) is 19.1. The molecule has 0 radical (unpaired) electrons. The van der Waals surface area contributed by atoms with E-state index in [0.29, 0.717) is 11.4 Å². The van der Waals surface area contributed by atoms with Gasteiger partial charge in [-0.05, 0) is 53.7 Å². The van der Waals surface area contributed by atoms with Crippen molar-refractivity contribution in [3.63, 3.8) is 0 Å². The van der Waals surface area contributed by atoms with Crippen LogP contribution >= 0.6 is 43.6 Å². The van der Waals surface area contributed by atoms with Crippen LogP contribution in [0.2, 0.25) is 0 Å². The fourth-order valence-corrected chi connectivity index (χ4v) is 4.65. The highest BCUT2D eigenvalue weighted by Crippen LogP contribution is 2.34. The fourth-order valence-electron chi connectivity index (χ4n) is 3.20. The smallest absolute Gasteiger partial charge is 0.294 e. The first-order chi connectivity index (χ1) is 14.0. The lowest BCUT2D eigenvalue weighted by Gasteiger charge is -2.06. The first-order valence-electron chi connectivity index (χ1n) is 8.68. The topological polar surface area (TPSA) is 42.3 Å². The van der Waals surface area contributed by atoms with Gasteiger partial charge in [-0.3, -0.25) is 14.5 Å². The quantitative estimate of drug-likeness (QED) is 0.313. The monoisotopic (exact) mass is 528 g/mol. The minimum atomic E-state index is -0.346. The summed E-state index contributed by atoms with van der Waals surface area (Å²) in [5, 5.41) is 0.666. The highest BCUT2D eigenvalue weighted by Gasteiger charge is 2.34. The van der Waals surface area contributed by atoms with Crippen LogP contribution in [0.15, 0.2) is 62.5 Å². The maximum absolute atomic E-state index is 12.5. The number of rotatable bonds is 4. The van der Waals surface area contributed by atoms with Crippen molar-refractivity contribution in [1.82, 2.24) is 9.47 Å². The van der Waals surface area contributed by atoms with Gasteiger partial charge in [-0.2, -0.15) is 0 Å². The van der Waals surface area contributed by atoms with Crippen LogP contribution in [0, 0.1) is 12.3 Å². The number of benzene rings is 2. The number of terminal acetylenes is 1. The molecule has 0 saturated carbocycles. The highest BCUT2D eigenvalue weighted by molar-refractivity contribution is 9.10. The van der Waals surface area contributed by atoms with Crippen molar-refractivity contribution in [1.29, 1.82) is 0 Å². The average Bonchev–Trinajstić information content (AvgIpc) is 3.16. The number of fused-ring (bicyclic) bond motifs is 1. The van der Waals surface area contributed by atoms with E-state index in [2.05, 4.69) is 54.5 Å². The van der Waals surface area contributed by atoms with Gasteiger partial charge in [0.25, 0.3) is 11.1 Å². The molecule has 0 bridgehead atoms. The first-order valence-corrected chi connectivity index (χ1v) is 11.1. The van der Waals surface area contributed by atoms with Crippen LogP contribution in [-0.2, 0) is 11.3 Å². The van der Waals surface area contributed by atoms with Gasteiger partial charge in [0.05, 0.1) is 11.4 Å². The van der Waals surface area contributed by atoms with E-state index in [-0.39, 0.29) is 17.7 Å². The van der Waals surface area contributed by atoms with Gasteiger partial charge in [-0.15, -0.1) is 6.42 Å². The van der Waals surface area contributed by atoms with E-state index in [0.717, 1.165) is 47.6 Å². The molecule has 1 aliphatic heterocycles. The predicted molar refractivity (Wildman–Crippen MR) is 124 cm³/mol. The Bertz CT molecular complexity index is 1210. The summed E-state index contributed by atoms with van der Waals surface area (Å²) in [6.07, 6.45) is 9.05. The molecule has 7 heteroatoms. The van der Waals surface area contributed by atoms with Crippen LogP contribution in [0.4, 0.5) is 4.79 Å². The van der Waals surface area contributed by atoms with Crippen LogP contribution in [0.1, 0.15) is 11.1 Å². The van der Waals surface area contributed by atoms with Crippen LogP contribution < -0.4 is 0 Å². The van der Waals surface area contributed by atoms with Gasteiger partial charge in [-0.25, -0.2) is 0 Å². The van der Waals surface area contributed by atoms with Crippen molar-refractivity contribution in [2.24, 2.45) is 0 Å². The number of thioether (sulfide) groups is 1. The molecule has 29 heavy (non-hydrogen) atoms. The molecule has 0 N–H and O–H groups in total. The van der Waals surface area contributed by atoms with Gasteiger partial charge in [0, 0.05) is 38.2 Å². The van der Waals surface area contributed by atoms with Crippen molar-refractivity contribution in [2.75, 3.05) is 6.54 Å². The summed E-state index contributed by atoms with van der Waals surface area (Å²) >= 11 is 7.90. The number of carbonyl (C=O) groups excluding carboxylic acids is 2. The van der Waals surface area contributed by atoms with Crippen LogP contribution in [0.5, 0.6) is 0 Å². The van der Waals surface area contributed by atoms with Gasteiger partial charge in [-0.1, -0.05) is 49.9 Å². The Morgan fingerprint density at radius 1 is 1.07 bits per heavy atom. The third-order valence-electron chi connectivity index (χ3n) is 4.55. The molecule has 0 atom stereocenters. The Hall–Kier alpha value is -2.27. The van der Waals surface area contributed by atoms with Crippen LogP contribution in [-0.4, -0.2) is 27.2 Å². The first kappa shape index (κ1) is 20.0. The molecule has 144 valence electrons. The molecule has 0 unspecified atom stereocenters. The number of amides is 2. The second kappa shape index (κ2) is 8.23. The Morgan fingerprint density at radius 3 is 2.52 bits per heavy atom. The molecule has 0 aliphatic carbocycles. The minimum absolute atomic E-state index is 0.0150. The number of nitrogens with zero attached hydrogens (tertiary/aromatic N) is 2. The summed E-state index contributed by atoms with van der Waals surface area (Å²) in [7, 11) is 0. The molecule has 2 amide bonds. The van der Waals surface area contributed by atoms with E-state index in [1.165, 1.54) is 0 Å². The summed E-state index contributed by atoms with van der Waals surface area (Å²) in [6, 6.07) is 14.2. The standard InChI is InChI=1S/C22H14Br2N2O2S/c1-2-9-26-21(27)20(29-22(26)28)10-15-13-25(12-14-3-5-16(23)6-4-14)19-8-7-17(24)11-18(15)19/h1,3-8,10-11,13H,9,12H2/b20-10-. The van der Waals surface area contributed by atoms with Crippen LogP contribution in [0.3, 0.4) is 0 Å². The lowest BCUT2D eigenvalue weighted by Crippen LogP contribution is -2.28. The molecule has 2 aromatic carbocycles. The van der Waals surface area contributed by atoms with Gasteiger partial charge < -0.3 is 4.57 Å². The lowest BCUT2D eigenvalue weighted by molar-refractivity contribution is -0.122. The molecular weight excluding hydrogens is 516 g/mol. The molecule has 2 heterocycles. The van der Waals surface area contributed by atoms with Gasteiger partial charge >= 0.3 is 0 Å². The Morgan fingerprint density at radius 2 is 1.79 bits per heavy atom. The second-order valence-electron chi connectivity index (χ2n) is 6.47. The summed E-state index contributed by atoms with van der Waals surface area (Å²) in [5.74, 6) is 2.01. The van der Waals surface area contributed by atoms with Crippen molar-refractivity contribution in [2.45, 2.75) is 6.54 Å². The molecule has 4 rings (SSSR count). The molecular formula is C22H14Br2N2O2S. The molecule has 4 nitrogen and oxygen atoms in total. The molecule has 1 fully saturated rings. The average molecular weight is 530 g/mol. The zero-order chi connectivity index (χ0) is 20.5. The minimum Gasteiger partial charge on any atom is -0.342 e. The van der Waals surface area contributed by atoms with Gasteiger partial charge in [0.15, 0.2) is 0 Å². The molecule has 1 aromatic heterocycles. The number of aromatic nitrogens is 1. The van der Waals surface area contributed by atoms with Gasteiger partial charge in [0.2, 0.25) is 0 Å². The summed E-state index contributed by atoms with van der Waals surface area (Å²) in [6.45, 7) is 0.677. The largest absolute Gasteiger partial charge is 0.342 e. The maximum Gasteiger partial charge on any atom is 0.294 e.